The third kappa shape index (κ3) is 5.77. The molecule has 1 aliphatic heterocycles. The normalized spacial score (nSPS) is 17.2. The Morgan fingerprint density at radius 1 is 1.35 bits per heavy atom. The van der Waals surface area contributed by atoms with E-state index in [4.69, 9.17) is 11.0 Å². The summed E-state index contributed by atoms with van der Waals surface area (Å²) in [6.07, 6.45) is -0.707. The first-order chi connectivity index (χ1) is 14.7. The molecule has 0 unspecified atom stereocenters. The summed E-state index contributed by atoms with van der Waals surface area (Å²) in [5.74, 6) is -4.48. The van der Waals surface area contributed by atoms with Gasteiger partial charge in [-0.2, -0.15) is 5.26 Å². The zero-order valence-corrected chi connectivity index (χ0v) is 17.6. The molecule has 12 heteroatoms. The highest BCUT2D eigenvalue weighted by molar-refractivity contribution is 7.98. The van der Waals surface area contributed by atoms with Gasteiger partial charge in [-0.05, 0) is 24.3 Å². The highest BCUT2D eigenvalue weighted by Crippen LogP contribution is 2.31. The number of amides is 3. The number of likely N-dealkylation sites (tertiary alicyclic amines) is 1. The molecule has 3 rings (SSSR count). The van der Waals surface area contributed by atoms with Gasteiger partial charge in [0.25, 0.3) is 11.8 Å². The Labute approximate surface area is 184 Å². The van der Waals surface area contributed by atoms with Crippen molar-refractivity contribution >= 4 is 40.8 Å². The number of primary amides is 1. The molecule has 8 nitrogen and oxygen atoms in total. The molecule has 0 radical (unpaired) electrons. The van der Waals surface area contributed by atoms with Crippen LogP contribution in [0.1, 0.15) is 32.3 Å². The van der Waals surface area contributed by atoms with Crippen molar-refractivity contribution < 1.29 is 23.2 Å². The van der Waals surface area contributed by atoms with Crippen molar-refractivity contribution in [2.45, 2.75) is 29.0 Å². The number of thioether (sulfide) groups is 1. The molecule has 1 aliphatic rings. The van der Waals surface area contributed by atoms with Crippen LogP contribution in [0.25, 0.3) is 0 Å². The van der Waals surface area contributed by atoms with Gasteiger partial charge in [-0.25, -0.2) is 13.8 Å². The lowest BCUT2D eigenvalue weighted by molar-refractivity contribution is -0.131. The maximum Gasteiger partial charge on any atom is 0.271 e. The van der Waals surface area contributed by atoms with Crippen molar-refractivity contribution in [3.05, 3.63) is 45.9 Å². The summed E-state index contributed by atoms with van der Waals surface area (Å²) in [4.78, 5) is 41.4. The van der Waals surface area contributed by atoms with Gasteiger partial charge in [-0.3, -0.25) is 14.4 Å². The number of hydrogen-bond donors (Lipinski definition) is 2. The van der Waals surface area contributed by atoms with Crippen LogP contribution in [0.2, 0.25) is 0 Å². The fraction of sp³-hybridized carbons (Fsp3) is 0.316. The molecular weight excluding hydrogens is 448 g/mol. The number of carbonyl (C=O) groups is 3. The van der Waals surface area contributed by atoms with Gasteiger partial charge in [0.1, 0.15) is 16.7 Å². The highest BCUT2D eigenvalue weighted by Gasteiger charge is 2.47. The van der Waals surface area contributed by atoms with Crippen molar-refractivity contribution in [1.29, 1.82) is 5.26 Å². The smallest absolute Gasteiger partial charge is 0.271 e. The molecule has 0 saturated carbocycles. The summed E-state index contributed by atoms with van der Waals surface area (Å²) in [7, 11) is 0. The molecule has 1 atom stereocenters. The van der Waals surface area contributed by atoms with Crippen LogP contribution in [0.3, 0.4) is 0 Å². The van der Waals surface area contributed by atoms with Crippen molar-refractivity contribution in [3.63, 3.8) is 0 Å². The number of aromatic nitrogens is 1. The van der Waals surface area contributed by atoms with Crippen LogP contribution in [-0.4, -0.2) is 52.7 Å². The monoisotopic (exact) mass is 465 g/mol. The Morgan fingerprint density at radius 2 is 2.06 bits per heavy atom. The molecule has 0 bridgehead atoms. The van der Waals surface area contributed by atoms with Gasteiger partial charge in [0.05, 0.1) is 24.9 Å². The van der Waals surface area contributed by atoms with Crippen molar-refractivity contribution in [2.24, 2.45) is 5.73 Å². The Bertz CT molecular complexity index is 1040. The van der Waals surface area contributed by atoms with Gasteiger partial charge < -0.3 is 16.0 Å². The first-order valence-electron chi connectivity index (χ1n) is 9.01. The second kappa shape index (κ2) is 9.40. The summed E-state index contributed by atoms with van der Waals surface area (Å²) < 4.78 is 26.9. The lowest BCUT2D eigenvalue weighted by Gasteiger charge is -2.19. The van der Waals surface area contributed by atoms with E-state index in [0.717, 1.165) is 9.80 Å². The number of nitrogens with two attached hydrogens (primary N) is 1. The summed E-state index contributed by atoms with van der Waals surface area (Å²) in [5.41, 5.74) is 5.72. The van der Waals surface area contributed by atoms with Gasteiger partial charge in [0.2, 0.25) is 11.8 Å². The van der Waals surface area contributed by atoms with E-state index in [9.17, 15) is 23.2 Å². The molecule has 2 aromatic rings. The summed E-state index contributed by atoms with van der Waals surface area (Å²) in [5, 5.41) is 13.5. The van der Waals surface area contributed by atoms with E-state index >= 15 is 0 Å². The van der Waals surface area contributed by atoms with E-state index in [1.165, 1.54) is 28.5 Å². The van der Waals surface area contributed by atoms with E-state index in [1.807, 2.05) is 0 Å². The number of nitrogens with zero attached hydrogens (tertiary/aromatic N) is 3. The van der Waals surface area contributed by atoms with Crippen molar-refractivity contribution in [3.8, 4) is 6.07 Å². The zero-order valence-electron chi connectivity index (χ0n) is 16.0. The van der Waals surface area contributed by atoms with Gasteiger partial charge in [0, 0.05) is 22.3 Å². The number of nitrogens with one attached hydrogen (secondary N) is 1. The van der Waals surface area contributed by atoms with Crippen LogP contribution in [0.4, 0.5) is 8.78 Å². The predicted octanol–water partition coefficient (Wildman–Crippen LogP) is 2.02. The number of rotatable bonds is 7. The number of nitriles is 1. The van der Waals surface area contributed by atoms with Crippen LogP contribution >= 0.6 is 23.1 Å². The van der Waals surface area contributed by atoms with Crippen LogP contribution < -0.4 is 11.1 Å². The molecule has 0 aliphatic carbocycles. The first-order valence-corrected chi connectivity index (χ1v) is 10.9. The second-order valence-electron chi connectivity index (χ2n) is 6.71. The average Bonchev–Trinajstić information content (AvgIpc) is 3.34. The molecule has 31 heavy (non-hydrogen) atoms. The maximum atomic E-state index is 13.4. The molecule has 0 spiro atoms. The maximum absolute atomic E-state index is 13.4. The minimum absolute atomic E-state index is 0.112. The molecule has 1 aromatic heterocycles. The van der Waals surface area contributed by atoms with Gasteiger partial charge >= 0.3 is 0 Å². The molecule has 1 fully saturated rings. The molecular formula is C19H17F2N5O3S2. The minimum Gasteiger partial charge on any atom is -0.366 e. The van der Waals surface area contributed by atoms with Crippen LogP contribution in [0, 0.1) is 11.3 Å². The summed E-state index contributed by atoms with van der Waals surface area (Å²) >= 11 is 2.72. The third-order valence-electron chi connectivity index (χ3n) is 4.42. The Balaban J connectivity index is 1.50. The fourth-order valence-corrected chi connectivity index (χ4v) is 4.57. The molecule has 1 aromatic carbocycles. The number of thiazole rings is 1. The molecule has 2 heterocycles. The Hall–Kier alpha value is -3.04. The SMILES string of the molecule is N#C[C@@H]1CC(F)(F)CN1C(=O)CNC(=O)c1csc(CSc2ccc(C(N)=O)cc2)n1. The van der Waals surface area contributed by atoms with Crippen LogP contribution in [0.5, 0.6) is 0 Å². The topological polar surface area (TPSA) is 129 Å². The number of halogens is 2. The van der Waals surface area contributed by atoms with Gasteiger partial charge in [-0.1, -0.05) is 0 Å². The van der Waals surface area contributed by atoms with E-state index in [1.54, 1.807) is 30.3 Å². The van der Waals surface area contributed by atoms with E-state index in [0.29, 0.717) is 16.3 Å². The molecule has 1 saturated heterocycles. The number of hydrogen-bond acceptors (Lipinski definition) is 7. The minimum atomic E-state index is -3.11. The summed E-state index contributed by atoms with van der Waals surface area (Å²) in [6.45, 7) is -1.33. The van der Waals surface area contributed by atoms with Crippen LogP contribution in [-0.2, 0) is 10.5 Å². The molecule has 162 valence electrons. The van der Waals surface area contributed by atoms with E-state index in [-0.39, 0.29) is 5.69 Å². The lowest BCUT2D eigenvalue weighted by atomic mass is 10.2. The third-order valence-corrected chi connectivity index (χ3v) is 6.48. The second-order valence-corrected chi connectivity index (χ2v) is 8.70. The van der Waals surface area contributed by atoms with Gasteiger partial charge in [-0.15, -0.1) is 23.1 Å². The molecule has 3 N–H and O–H groups in total. The highest BCUT2D eigenvalue weighted by atomic mass is 32.2. The number of benzene rings is 1. The quantitative estimate of drug-likeness (QED) is 0.602. The predicted molar refractivity (Wildman–Crippen MR) is 110 cm³/mol. The first kappa shape index (κ1) is 22.6. The standard InChI is InChI=1S/C19H17F2N5O3S2/c20-19(21)5-12(6-22)26(10-19)16(27)7-24-18(29)14-8-31-15(25-14)9-30-13-3-1-11(2-4-13)17(23)28/h1-4,8,12H,5,7,9-10H2,(H2,23,28)(H,24,29)/t12-/m0/s1. The van der Waals surface area contributed by atoms with Crippen molar-refractivity contribution in [2.75, 3.05) is 13.1 Å². The summed E-state index contributed by atoms with van der Waals surface area (Å²) in [6, 6.07) is 7.23. The van der Waals surface area contributed by atoms with Crippen molar-refractivity contribution in [1.82, 2.24) is 15.2 Å². The van der Waals surface area contributed by atoms with E-state index < -0.39 is 49.2 Å². The largest absolute Gasteiger partial charge is 0.366 e. The fourth-order valence-electron chi connectivity index (χ4n) is 2.88. The Kier molecular flexibility index (Phi) is 6.87. The van der Waals surface area contributed by atoms with Gasteiger partial charge in [0.15, 0.2) is 0 Å². The number of carbonyl (C=O) groups excluding carboxylic acids is 3. The molecule has 3 amide bonds. The average molecular weight is 466 g/mol. The lowest BCUT2D eigenvalue weighted by Crippen LogP contribution is -2.43. The van der Waals surface area contributed by atoms with Crippen LogP contribution in [0.15, 0.2) is 34.5 Å². The number of alkyl halides is 2. The Morgan fingerprint density at radius 3 is 2.71 bits per heavy atom. The van der Waals surface area contributed by atoms with E-state index in [2.05, 4.69) is 10.3 Å². The zero-order chi connectivity index (χ0) is 22.6.